The Morgan fingerprint density at radius 2 is 1.57 bits per heavy atom. The predicted octanol–water partition coefficient (Wildman–Crippen LogP) is 3.04. The first kappa shape index (κ1) is 17.4. The number of fused-ring (bicyclic) bond motifs is 2. The Hall–Kier alpha value is -4.00. The summed E-state index contributed by atoms with van der Waals surface area (Å²) in [5.74, 6) is -1.75. The molecule has 0 bridgehead atoms. The monoisotopic (exact) mass is 373 g/mol. The molecule has 0 radical (unpaired) electrons. The minimum atomic E-state index is -1.15. The van der Waals surface area contributed by atoms with Crippen LogP contribution in [0.1, 0.15) is 20.8 Å². The number of rotatable bonds is 3. The van der Waals surface area contributed by atoms with Crippen LogP contribution in [0.15, 0.2) is 65.5 Å². The number of aromatic nitrogens is 2. The van der Waals surface area contributed by atoms with E-state index in [4.69, 9.17) is 0 Å². The molecule has 0 saturated carbocycles. The number of benzene rings is 3. The quantitative estimate of drug-likeness (QED) is 0.575. The SMILES string of the molecule is Cn1nc(C(=O)Nc2cc3ccccc3cc2C(=O)O)c2ccccc2c1=O. The van der Waals surface area contributed by atoms with Gasteiger partial charge in [-0.15, -0.1) is 0 Å². The average Bonchev–Trinajstić information content (AvgIpc) is 2.70. The van der Waals surface area contributed by atoms with Crippen LogP contribution in [0.2, 0.25) is 0 Å². The van der Waals surface area contributed by atoms with Crippen LogP contribution in [0.5, 0.6) is 0 Å². The van der Waals surface area contributed by atoms with Gasteiger partial charge in [-0.25, -0.2) is 9.48 Å². The van der Waals surface area contributed by atoms with E-state index >= 15 is 0 Å². The molecule has 0 aliphatic heterocycles. The van der Waals surface area contributed by atoms with E-state index in [0.29, 0.717) is 10.8 Å². The van der Waals surface area contributed by atoms with E-state index in [0.717, 1.165) is 15.5 Å². The van der Waals surface area contributed by atoms with Gasteiger partial charge in [-0.1, -0.05) is 42.5 Å². The first-order valence-electron chi connectivity index (χ1n) is 8.49. The molecular weight excluding hydrogens is 358 g/mol. The zero-order valence-electron chi connectivity index (χ0n) is 14.8. The molecule has 0 aliphatic carbocycles. The van der Waals surface area contributed by atoms with Crippen molar-refractivity contribution in [2.45, 2.75) is 0 Å². The Kier molecular flexibility index (Phi) is 4.12. The van der Waals surface area contributed by atoms with E-state index in [1.54, 1.807) is 36.4 Å². The van der Waals surface area contributed by atoms with E-state index < -0.39 is 11.9 Å². The number of hydrogen-bond donors (Lipinski definition) is 2. The number of nitrogens with zero attached hydrogens (tertiary/aromatic N) is 2. The Labute approximate surface area is 158 Å². The highest BCUT2D eigenvalue weighted by molar-refractivity contribution is 6.14. The van der Waals surface area contributed by atoms with Crippen molar-refractivity contribution < 1.29 is 14.7 Å². The highest BCUT2D eigenvalue weighted by Crippen LogP contribution is 2.25. The standard InChI is InChI=1S/C21H15N3O4/c1-24-20(26)15-9-5-4-8-14(15)18(23-24)19(25)22-17-11-13-7-3-2-6-12(13)10-16(17)21(27)28/h2-11H,1H3,(H,22,25)(H,27,28). The number of anilines is 1. The van der Waals surface area contributed by atoms with Crippen LogP contribution in [-0.4, -0.2) is 26.8 Å². The summed E-state index contributed by atoms with van der Waals surface area (Å²) in [5.41, 5.74) is -0.136. The Morgan fingerprint density at radius 1 is 0.964 bits per heavy atom. The molecule has 2 N–H and O–H groups in total. The molecule has 7 nitrogen and oxygen atoms in total. The molecule has 28 heavy (non-hydrogen) atoms. The van der Waals surface area contributed by atoms with E-state index in [9.17, 15) is 19.5 Å². The molecule has 0 aliphatic rings. The van der Waals surface area contributed by atoms with Crippen molar-refractivity contribution >= 4 is 39.1 Å². The number of nitrogens with one attached hydrogen (secondary N) is 1. The smallest absolute Gasteiger partial charge is 0.337 e. The van der Waals surface area contributed by atoms with Gasteiger partial charge in [-0.2, -0.15) is 5.10 Å². The van der Waals surface area contributed by atoms with Crippen molar-refractivity contribution in [2.24, 2.45) is 7.05 Å². The number of carbonyl (C=O) groups excluding carboxylic acids is 1. The van der Waals surface area contributed by atoms with Crippen LogP contribution in [0.25, 0.3) is 21.5 Å². The van der Waals surface area contributed by atoms with Crippen LogP contribution >= 0.6 is 0 Å². The fourth-order valence-electron chi connectivity index (χ4n) is 3.17. The van der Waals surface area contributed by atoms with Gasteiger partial charge in [0.05, 0.1) is 16.6 Å². The van der Waals surface area contributed by atoms with Crippen molar-refractivity contribution in [3.63, 3.8) is 0 Å². The van der Waals surface area contributed by atoms with Crippen LogP contribution in [0, 0.1) is 0 Å². The average molecular weight is 373 g/mol. The topological polar surface area (TPSA) is 101 Å². The van der Waals surface area contributed by atoms with Crippen LogP contribution in [0.3, 0.4) is 0 Å². The lowest BCUT2D eigenvalue weighted by Gasteiger charge is -2.12. The second kappa shape index (κ2) is 6.62. The van der Waals surface area contributed by atoms with E-state index in [1.165, 1.54) is 13.1 Å². The maximum absolute atomic E-state index is 12.9. The Morgan fingerprint density at radius 3 is 2.25 bits per heavy atom. The van der Waals surface area contributed by atoms with Crippen molar-refractivity contribution in [3.8, 4) is 0 Å². The minimum Gasteiger partial charge on any atom is -0.478 e. The van der Waals surface area contributed by atoms with Crippen molar-refractivity contribution in [2.75, 3.05) is 5.32 Å². The zero-order chi connectivity index (χ0) is 19.8. The fraction of sp³-hybridized carbons (Fsp3) is 0.0476. The molecule has 4 rings (SSSR count). The molecule has 0 atom stereocenters. The van der Waals surface area contributed by atoms with Gasteiger partial charge in [0.15, 0.2) is 5.69 Å². The molecule has 0 fully saturated rings. The fourth-order valence-corrected chi connectivity index (χ4v) is 3.17. The lowest BCUT2D eigenvalue weighted by atomic mass is 10.0. The van der Waals surface area contributed by atoms with Crippen molar-refractivity contribution in [3.05, 3.63) is 82.3 Å². The summed E-state index contributed by atoms with van der Waals surface area (Å²) < 4.78 is 1.09. The molecule has 138 valence electrons. The third-order valence-electron chi connectivity index (χ3n) is 4.54. The number of carboxylic acids is 1. The highest BCUT2D eigenvalue weighted by Gasteiger charge is 2.19. The summed E-state index contributed by atoms with van der Waals surface area (Å²) in [4.78, 5) is 36.8. The molecule has 1 aromatic heterocycles. The number of aromatic carboxylic acids is 1. The van der Waals surface area contributed by atoms with Crippen molar-refractivity contribution in [1.82, 2.24) is 9.78 Å². The van der Waals surface area contributed by atoms with Crippen LogP contribution in [-0.2, 0) is 7.05 Å². The van der Waals surface area contributed by atoms with Gasteiger partial charge in [-0.05, 0) is 29.0 Å². The Balaban J connectivity index is 1.84. The maximum atomic E-state index is 12.9. The number of carbonyl (C=O) groups is 2. The van der Waals surface area contributed by atoms with Gasteiger partial charge in [0.2, 0.25) is 0 Å². The molecule has 0 unspecified atom stereocenters. The second-order valence-corrected chi connectivity index (χ2v) is 6.33. The van der Waals surface area contributed by atoms with Crippen molar-refractivity contribution in [1.29, 1.82) is 0 Å². The first-order chi connectivity index (χ1) is 13.5. The van der Waals surface area contributed by atoms with Gasteiger partial charge >= 0.3 is 5.97 Å². The van der Waals surface area contributed by atoms with E-state index in [1.807, 2.05) is 18.2 Å². The van der Waals surface area contributed by atoms with Gasteiger partial charge in [0.1, 0.15) is 0 Å². The number of amides is 1. The van der Waals surface area contributed by atoms with Gasteiger partial charge in [-0.3, -0.25) is 9.59 Å². The Bertz CT molecular complexity index is 1320. The zero-order valence-corrected chi connectivity index (χ0v) is 14.8. The summed E-state index contributed by atoms with van der Waals surface area (Å²) in [7, 11) is 1.46. The number of aryl methyl sites for hydroxylation is 1. The summed E-state index contributed by atoms with van der Waals surface area (Å²) in [6, 6.07) is 17.1. The van der Waals surface area contributed by atoms with Crippen LogP contribution < -0.4 is 10.9 Å². The molecular formula is C21H15N3O4. The van der Waals surface area contributed by atoms with Crippen LogP contribution in [0.4, 0.5) is 5.69 Å². The first-order valence-corrected chi connectivity index (χ1v) is 8.49. The third-order valence-corrected chi connectivity index (χ3v) is 4.54. The molecule has 1 amide bonds. The second-order valence-electron chi connectivity index (χ2n) is 6.33. The highest BCUT2D eigenvalue weighted by atomic mass is 16.4. The summed E-state index contributed by atoms with van der Waals surface area (Å²) >= 11 is 0. The lowest BCUT2D eigenvalue weighted by Crippen LogP contribution is -2.25. The molecule has 4 aromatic rings. The predicted molar refractivity (Wildman–Crippen MR) is 106 cm³/mol. The molecule has 3 aromatic carbocycles. The molecule has 0 spiro atoms. The summed E-state index contributed by atoms with van der Waals surface area (Å²) in [5, 5.41) is 18.6. The molecule has 0 saturated heterocycles. The van der Waals surface area contributed by atoms with Gasteiger partial charge in [0, 0.05) is 12.4 Å². The molecule has 1 heterocycles. The largest absolute Gasteiger partial charge is 0.478 e. The van der Waals surface area contributed by atoms with E-state index in [-0.39, 0.29) is 22.5 Å². The minimum absolute atomic E-state index is 0.0267. The lowest BCUT2D eigenvalue weighted by molar-refractivity contribution is 0.0698. The normalized spacial score (nSPS) is 10.9. The molecule has 7 heteroatoms. The summed E-state index contributed by atoms with van der Waals surface area (Å²) in [6.07, 6.45) is 0. The van der Waals surface area contributed by atoms with Gasteiger partial charge < -0.3 is 10.4 Å². The summed E-state index contributed by atoms with van der Waals surface area (Å²) in [6.45, 7) is 0. The number of hydrogen-bond acceptors (Lipinski definition) is 4. The maximum Gasteiger partial charge on any atom is 0.337 e. The third kappa shape index (κ3) is 2.88. The number of carboxylic acid groups (broad SMARTS) is 1. The van der Waals surface area contributed by atoms with E-state index in [2.05, 4.69) is 10.4 Å². The van der Waals surface area contributed by atoms with Gasteiger partial charge in [0.25, 0.3) is 11.5 Å².